The van der Waals surface area contributed by atoms with Crippen LogP contribution in [0.1, 0.15) is 58.8 Å². The molecule has 0 aromatic heterocycles. The minimum absolute atomic E-state index is 0.225. The van der Waals surface area contributed by atoms with Crippen molar-refractivity contribution in [3.8, 4) is 0 Å². The van der Waals surface area contributed by atoms with Crippen LogP contribution in [0.15, 0.2) is 0 Å². The number of carbonyl (C=O) groups is 2. The maximum atomic E-state index is 12.4. The van der Waals surface area contributed by atoms with Gasteiger partial charge in [0.05, 0.1) is 6.04 Å². The standard InChI is InChI=1S/C15H26N2O3/c1-11(16)12(18)17-10-6-9-15(17,13(19)20)14(2)7-4-3-5-8-14/h11H,3-10,16H2,1-2H3,(H,19,20)/t11-,15-/m0/s1. The first-order valence-electron chi connectivity index (χ1n) is 7.66. The molecule has 114 valence electrons. The Morgan fingerprint density at radius 1 is 1.15 bits per heavy atom. The molecule has 1 saturated carbocycles. The number of nitrogens with two attached hydrogens (primary N) is 1. The van der Waals surface area contributed by atoms with Crippen LogP contribution in [0.25, 0.3) is 0 Å². The van der Waals surface area contributed by atoms with Gasteiger partial charge >= 0.3 is 5.97 Å². The molecule has 0 unspecified atom stereocenters. The Kier molecular flexibility index (Phi) is 4.09. The van der Waals surface area contributed by atoms with E-state index in [-0.39, 0.29) is 11.3 Å². The highest BCUT2D eigenvalue weighted by molar-refractivity contribution is 5.90. The number of nitrogens with zero attached hydrogens (tertiary/aromatic N) is 1. The van der Waals surface area contributed by atoms with Gasteiger partial charge in [-0.05, 0) is 32.6 Å². The lowest BCUT2D eigenvalue weighted by molar-refractivity contribution is -0.168. The van der Waals surface area contributed by atoms with Crippen LogP contribution in [-0.4, -0.2) is 40.0 Å². The van der Waals surface area contributed by atoms with E-state index in [2.05, 4.69) is 0 Å². The minimum atomic E-state index is -1.06. The summed E-state index contributed by atoms with van der Waals surface area (Å²) in [5.41, 5.74) is 4.33. The van der Waals surface area contributed by atoms with Gasteiger partial charge in [0, 0.05) is 12.0 Å². The van der Waals surface area contributed by atoms with Crippen LogP contribution in [0.4, 0.5) is 0 Å². The normalized spacial score (nSPS) is 31.1. The molecule has 1 aliphatic carbocycles. The second-order valence-electron chi connectivity index (χ2n) is 6.67. The van der Waals surface area contributed by atoms with Gasteiger partial charge in [-0.1, -0.05) is 26.2 Å². The van der Waals surface area contributed by atoms with Crippen molar-refractivity contribution in [1.82, 2.24) is 4.90 Å². The maximum Gasteiger partial charge on any atom is 0.330 e. The Morgan fingerprint density at radius 3 is 2.25 bits per heavy atom. The molecule has 2 fully saturated rings. The van der Waals surface area contributed by atoms with Gasteiger partial charge in [0.2, 0.25) is 5.91 Å². The number of hydrogen-bond acceptors (Lipinski definition) is 3. The predicted molar refractivity (Wildman–Crippen MR) is 76.2 cm³/mol. The van der Waals surface area contributed by atoms with Crippen molar-refractivity contribution in [3.05, 3.63) is 0 Å². The maximum absolute atomic E-state index is 12.4. The van der Waals surface area contributed by atoms with Crippen LogP contribution in [0.3, 0.4) is 0 Å². The fourth-order valence-electron chi connectivity index (χ4n) is 4.22. The van der Waals surface area contributed by atoms with Crippen LogP contribution < -0.4 is 5.73 Å². The van der Waals surface area contributed by atoms with Gasteiger partial charge in [0.15, 0.2) is 0 Å². The Balaban J connectivity index is 2.42. The summed E-state index contributed by atoms with van der Waals surface area (Å²) in [4.78, 5) is 26.1. The number of rotatable bonds is 3. The van der Waals surface area contributed by atoms with E-state index in [1.165, 1.54) is 0 Å². The second-order valence-corrected chi connectivity index (χ2v) is 6.67. The van der Waals surface area contributed by atoms with Crippen molar-refractivity contribution >= 4 is 11.9 Å². The molecule has 2 atom stereocenters. The second kappa shape index (κ2) is 5.35. The first kappa shape index (κ1) is 15.3. The Labute approximate surface area is 120 Å². The number of aliphatic carboxylic acids is 1. The molecule has 3 N–H and O–H groups in total. The van der Waals surface area contributed by atoms with E-state index in [9.17, 15) is 14.7 Å². The van der Waals surface area contributed by atoms with Gasteiger partial charge in [-0.2, -0.15) is 0 Å². The number of hydrogen-bond donors (Lipinski definition) is 2. The van der Waals surface area contributed by atoms with Crippen LogP contribution in [0.2, 0.25) is 0 Å². The summed E-state index contributed by atoms with van der Waals surface area (Å²) in [5, 5.41) is 9.95. The number of likely N-dealkylation sites (tertiary alicyclic amines) is 1. The SMILES string of the molecule is C[C@H](N)C(=O)N1CCC[C@]1(C(=O)O)C1(C)CCCCC1. The van der Waals surface area contributed by atoms with Crippen LogP contribution in [0, 0.1) is 5.41 Å². The van der Waals surface area contributed by atoms with Crippen molar-refractivity contribution in [2.24, 2.45) is 11.1 Å². The van der Waals surface area contributed by atoms with Crippen LogP contribution >= 0.6 is 0 Å². The summed E-state index contributed by atoms with van der Waals surface area (Å²) in [6, 6.07) is -0.640. The molecule has 0 bridgehead atoms. The Bertz CT molecular complexity index is 402. The molecule has 1 amide bonds. The highest BCUT2D eigenvalue weighted by Gasteiger charge is 2.61. The number of carbonyl (C=O) groups excluding carboxylic acids is 1. The highest BCUT2D eigenvalue weighted by Crippen LogP contribution is 2.52. The van der Waals surface area contributed by atoms with Gasteiger partial charge in [-0.25, -0.2) is 4.79 Å². The van der Waals surface area contributed by atoms with Crippen LogP contribution in [-0.2, 0) is 9.59 Å². The highest BCUT2D eigenvalue weighted by atomic mass is 16.4. The summed E-state index contributed by atoms with van der Waals surface area (Å²) in [5.74, 6) is -1.08. The monoisotopic (exact) mass is 282 g/mol. The largest absolute Gasteiger partial charge is 0.479 e. The van der Waals surface area contributed by atoms with Crippen molar-refractivity contribution in [1.29, 1.82) is 0 Å². The third kappa shape index (κ3) is 2.12. The zero-order chi connectivity index (χ0) is 15.0. The molecule has 0 spiro atoms. The average Bonchev–Trinajstić information content (AvgIpc) is 2.84. The molecule has 0 aromatic rings. The van der Waals surface area contributed by atoms with Gasteiger partial charge in [0.1, 0.15) is 5.54 Å². The lowest BCUT2D eigenvalue weighted by Crippen LogP contribution is -2.64. The van der Waals surface area contributed by atoms with Crippen molar-refractivity contribution in [3.63, 3.8) is 0 Å². The molecule has 1 aliphatic heterocycles. The van der Waals surface area contributed by atoms with E-state index >= 15 is 0 Å². The number of carboxylic acid groups (broad SMARTS) is 1. The lowest BCUT2D eigenvalue weighted by atomic mass is 9.61. The predicted octanol–water partition coefficient (Wildman–Crippen LogP) is 1.75. The van der Waals surface area contributed by atoms with E-state index in [0.29, 0.717) is 13.0 Å². The van der Waals surface area contributed by atoms with Gasteiger partial charge < -0.3 is 15.7 Å². The summed E-state index contributed by atoms with van der Waals surface area (Å²) in [6.45, 7) is 4.20. The van der Waals surface area contributed by atoms with Crippen molar-refractivity contribution in [2.75, 3.05) is 6.54 Å². The van der Waals surface area contributed by atoms with E-state index in [1.807, 2.05) is 6.92 Å². The van der Waals surface area contributed by atoms with E-state index in [4.69, 9.17) is 5.73 Å². The molecule has 5 heteroatoms. The van der Waals surface area contributed by atoms with E-state index < -0.39 is 17.6 Å². The quantitative estimate of drug-likeness (QED) is 0.826. The summed E-state index contributed by atoms with van der Waals surface area (Å²) < 4.78 is 0. The van der Waals surface area contributed by atoms with Gasteiger partial charge in [0.25, 0.3) is 0 Å². The zero-order valence-electron chi connectivity index (χ0n) is 12.5. The zero-order valence-corrected chi connectivity index (χ0v) is 12.5. The van der Waals surface area contributed by atoms with E-state index in [1.54, 1.807) is 11.8 Å². The van der Waals surface area contributed by atoms with Crippen LogP contribution in [0.5, 0.6) is 0 Å². The van der Waals surface area contributed by atoms with Gasteiger partial charge in [-0.15, -0.1) is 0 Å². The molecule has 2 rings (SSSR count). The Hall–Kier alpha value is -1.10. The first-order valence-corrected chi connectivity index (χ1v) is 7.66. The molecule has 2 aliphatic rings. The topological polar surface area (TPSA) is 83.6 Å². The summed E-state index contributed by atoms with van der Waals surface area (Å²) in [6.07, 6.45) is 6.31. The molecule has 0 radical (unpaired) electrons. The minimum Gasteiger partial charge on any atom is -0.479 e. The average molecular weight is 282 g/mol. The molecule has 5 nitrogen and oxygen atoms in total. The molecular formula is C15H26N2O3. The van der Waals surface area contributed by atoms with E-state index in [0.717, 1.165) is 38.5 Å². The molecule has 1 heterocycles. The first-order chi connectivity index (χ1) is 9.35. The van der Waals surface area contributed by atoms with Gasteiger partial charge in [-0.3, -0.25) is 4.79 Å². The smallest absolute Gasteiger partial charge is 0.330 e. The fourth-order valence-corrected chi connectivity index (χ4v) is 4.22. The molecular weight excluding hydrogens is 256 g/mol. The molecule has 0 aromatic carbocycles. The fraction of sp³-hybridized carbons (Fsp3) is 0.867. The van der Waals surface area contributed by atoms with Crippen molar-refractivity contribution < 1.29 is 14.7 Å². The third-order valence-corrected chi connectivity index (χ3v) is 5.35. The summed E-state index contributed by atoms with van der Waals surface area (Å²) >= 11 is 0. The molecule has 20 heavy (non-hydrogen) atoms. The Morgan fingerprint density at radius 2 is 1.75 bits per heavy atom. The number of carboxylic acids is 1. The molecule has 1 saturated heterocycles. The third-order valence-electron chi connectivity index (χ3n) is 5.35. The lowest BCUT2D eigenvalue weighted by Gasteiger charge is -2.50. The number of amides is 1. The summed E-state index contributed by atoms with van der Waals surface area (Å²) in [7, 11) is 0. The van der Waals surface area contributed by atoms with Crippen molar-refractivity contribution in [2.45, 2.75) is 70.4 Å².